The molecular weight excluding hydrogens is 929 g/mol. The Balaban J connectivity index is 0.935. The van der Waals surface area contributed by atoms with Gasteiger partial charge in [-0.1, -0.05) is 135 Å². The van der Waals surface area contributed by atoms with Crippen molar-refractivity contribution in [2.24, 2.45) is 0 Å². The highest BCUT2D eigenvalue weighted by Crippen LogP contribution is 2.41. The minimum absolute atomic E-state index is 0.303. The molecule has 0 heterocycles. The maximum absolute atomic E-state index is 13.1. The topological polar surface area (TPSA) is 124 Å². The van der Waals surface area contributed by atoms with Crippen LogP contribution in [0.25, 0.3) is 57.0 Å². The van der Waals surface area contributed by atoms with Crippen LogP contribution in [0, 0.1) is 0 Å². The number of carbonyl (C=O) groups excluding carboxylic acids is 4. The Kier molecular flexibility index (Phi) is 17.8. The van der Waals surface area contributed by atoms with E-state index in [2.05, 4.69) is 98.1 Å². The van der Waals surface area contributed by atoms with Crippen LogP contribution in [0.5, 0.6) is 23.0 Å². The highest BCUT2D eigenvalue weighted by molar-refractivity contribution is 6.11. The van der Waals surface area contributed by atoms with Crippen LogP contribution < -0.4 is 18.9 Å². The Hall–Kier alpha value is -9.28. The van der Waals surface area contributed by atoms with E-state index < -0.39 is 23.9 Å². The smallest absolute Gasteiger partial charge is 0.343 e. The van der Waals surface area contributed by atoms with Crippen LogP contribution in [-0.4, -0.2) is 50.3 Å². The van der Waals surface area contributed by atoms with Gasteiger partial charge in [-0.15, -0.1) is 0 Å². The Morgan fingerprint density at radius 3 is 1.14 bits per heavy atom. The molecule has 74 heavy (non-hydrogen) atoms. The van der Waals surface area contributed by atoms with E-state index >= 15 is 0 Å². The van der Waals surface area contributed by atoms with E-state index in [1.54, 1.807) is 72.8 Å². The summed E-state index contributed by atoms with van der Waals surface area (Å²) in [7, 11) is 0. The summed E-state index contributed by atoms with van der Waals surface area (Å²) in [5, 5.41) is 4.45. The lowest BCUT2D eigenvalue weighted by Gasteiger charge is -2.17. The summed E-state index contributed by atoms with van der Waals surface area (Å²) in [5.74, 6) is 0.236. The summed E-state index contributed by atoms with van der Waals surface area (Å²) < 4.78 is 32.9. The Morgan fingerprint density at radius 2 is 0.743 bits per heavy atom. The van der Waals surface area contributed by atoms with Crippen LogP contribution in [0.2, 0.25) is 0 Å². The molecule has 0 aromatic heterocycles. The molecule has 0 amide bonds. The van der Waals surface area contributed by atoms with Crippen molar-refractivity contribution in [2.75, 3.05) is 26.4 Å². The Morgan fingerprint density at radius 1 is 0.378 bits per heavy atom. The molecular formula is C64H54O10. The third-order valence-corrected chi connectivity index (χ3v) is 11.9. The summed E-state index contributed by atoms with van der Waals surface area (Å²) >= 11 is 0. The molecule has 370 valence electrons. The summed E-state index contributed by atoms with van der Waals surface area (Å²) in [5.41, 5.74) is 6.88. The van der Waals surface area contributed by atoms with Crippen LogP contribution in [0.1, 0.15) is 68.7 Å². The molecule has 10 heteroatoms. The largest absolute Gasteiger partial charge is 0.494 e. The van der Waals surface area contributed by atoms with Crippen molar-refractivity contribution in [2.45, 2.75) is 25.7 Å². The number of hydrogen-bond acceptors (Lipinski definition) is 10. The third-order valence-electron chi connectivity index (χ3n) is 11.9. The number of benzene rings is 8. The zero-order chi connectivity index (χ0) is 51.5. The van der Waals surface area contributed by atoms with Crippen LogP contribution in [0.15, 0.2) is 195 Å². The van der Waals surface area contributed by atoms with E-state index in [1.807, 2.05) is 36.4 Å². The number of esters is 4. The fourth-order valence-electron chi connectivity index (χ4n) is 8.04. The lowest BCUT2D eigenvalue weighted by molar-refractivity contribution is -0.138. The average molecular weight is 983 g/mol. The molecule has 0 aliphatic heterocycles. The van der Waals surface area contributed by atoms with Crippen molar-refractivity contribution in [1.82, 2.24) is 0 Å². The SMILES string of the molecule is C=CC(=O)OCCCCOc1ccc(C(=O)Oc2ccc(/C=C/c3ccc4ccccc4c3-c3c(/C=C/c4ccc(OC(=O)c5ccc(OCCCCOC(=O)C=C)cc5)cc4)ccc4ccccc34)cc2)cc1. The Bertz CT molecular complexity index is 3090. The summed E-state index contributed by atoms with van der Waals surface area (Å²) in [6.45, 7) is 8.26. The molecule has 8 aromatic rings. The van der Waals surface area contributed by atoms with Gasteiger partial charge in [-0.3, -0.25) is 0 Å². The van der Waals surface area contributed by atoms with Crippen molar-refractivity contribution in [3.63, 3.8) is 0 Å². The van der Waals surface area contributed by atoms with Gasteiger partial charge < -0.3 is 28.4 Å². The molecule has 0 fully saturated rings. The van der Waals surface area contributed by atoms with Gasteiger partial charge in [0.1, 0.15) is 23.0 Å². The molecule has 8 rings (SSSR count). The van der Waals surface area contributed by atoms with E-state index in [0.29, 0.717) is 86.2 Å². The monoisotopic (exact) mass is 982 g/mol. The highest BCUT2D eigenvalue weighted by Gasteiger charge is 2.16. The molecule has 0 atom stereocenters. The molecule has 0 bridgehead atoms. The number of rotatable bonds is 23. The first kappa shape index (κ1) is 51.1. The van der Waals surface area contributed by atoms with Gasteiger partial charge in [0.2, 0.25) is 0 Å². The molecule has 0 radical (unpaired) electrons. The van der Waals surface area contributed by atoms with Crippen LogP contribution in [0.3, 0.4) is 0 Å². The number of ether oxygens (including phenoxy) is 6. The second kappa shape index (κ2) is 25.7. The first-order chi connectivity index (χ1) is 36.2. The third kappa shape index (κ3) is 14.0. The zero-order valence-electron chi connectivity index (χ0n) is 40.8. The molecule has 0 saturated carbocycles. The molecule has 0 unspecified atom stereocenters. The fourth-order valence-corrected chi connectivity index (χ4v) is 8.04. The molecule has 0 spiro atoms. The maximum atomic E-state index is 13.1. The standard InChI is InChI=1S/C64H54O10/c1-3-59(65)71-43-11-9-41-69-53-37-29-51(30-38-53)63(67)73-55-33-19-45(20-34-55)17-23-49-27-25-47-13-5-7-15-57(47)61(49)62-50(28-26-48-14-6-8-16-58(48)62)24-18-46-21-35-56(36-22-46)74-64(68)52-31-39-54(40-32-52)70-42-10-12-44-72-60(66)4-2/h3-8,13-40H,1-2,9-12,41-44H2/b23-17+,24-18+. The van der Waals surface area contributed by atoms with Crippen LogP contribution >= 0.6 is 0 Å². The zero-order valence-corrected chi connectivity index (χ0v) is 40.8. The highest BCUT2D eigenvalue weighted by atomic mass is 16.5. The number of unbranched alkanes of at least 4 members (excludes halogenated alkanes) is 2. The van der Waals surface area contributed by atoms with Crippen molar-refractivity contribution in [1.29, 1.82) is 0 Å². The second-order valence-electron chi connectivity index (χ2n) is 17.0. The molecule has 0 aliphatic rings. The van der Waals surface area contributed by atoms with E-state index in [4.69, 9.17) is 28.4 Å². The lowest BCUT2D eigenvalue weighted by atomic mass is 9.86. The number of fused-ring (bicyclic) bond motifs is 2. The Labute approximate surface area is 430 Å². The van der Waals surface area contributed by atoms with Gasteiger partial charge in [0.15, 0.2) is 0 Å². The summed E-state index contributed by atoms with van der Waals surface area (Å²) in [6.07, 6.45) is 13.4. The first-order valence-electron chi connectivity index (χ1n) is 24.3. The first-order valence-corrected chi connectivity index (χ1v) is 24.3. The maximum Gasteiger partial charge on any atom is 0.343 e. The number of hydrogen-bond donors (Lipinski definition) is 0. The van der Waals surface area contributed by atoms with Gasteiger partial charge in [-0.05, 0) is 153 Å². The van der Waals surface area contributed by atoms with Gasteiger partial charge in [-0.25, -0.2) is 19.2 Å². The normalized spacial score (nSPS) is 11.1. The predicted molar refractivity (Wildman–Crippen MR) is 292 cm³/mol. The lowest BCUT2D eigenvalue weighted by Crippen LogP contribution is -2.08. The number of carbonyl (C=O) groups is 4. The van der Waals surface area contributed by atoms with Gasteiger partial charge >= 0.3 is 23.9 Å². The van der Waals surface area contributed by atoms with Crippen LogP contribution in [-0.2, 0) is 19.1 Å². The van der Waals surface area contributed by atoms with E-state index in [-0.39, 0.29) is 0 Å². The van der Waals surface area contributed by atoms with E-state index in [0.717, 1.165) is 67.1 Å². The summed E-state index contributed by atoms with van der Waals surface area (Å²) in [4.78, 5) is 48.5. The van der Waals surface area contributed by atoms with Crippen molar-refractivity contribution < 1.29 is 47.6 Å². The predicted octanol–water partition coefficient (Wildman–Crippen LogP) is 14.2. The van der Waals surface area contributed by atoms with Gasteiger partial charge in [0.25, 0.3) is 0 Å². The molecule has 10 nitrogen and oxygen atoms in total. The van der Waals surface area contributed by atoms with Crippen LogP contribution in [0.4, 0.5) is 0 Å². The van der Waals surface area contributed by atoms with Gasteiger partial charge in [0, 0.05) is 12.2 Å². The van der Waals surface area contributed by atoms with Crippen molar-refractivity contribution >= 4 is 69.7 Å². The molecule has 8 aromatic carbocycles. The van der Waals surface area contributed by atoms with E-state index in [9.17, 15) is 19.2 Å². The van der Waals surface area contributed by atoms with Gasteiger partial charge in [0.05, 0.1) is 37.6 Å². The second-order valence-corrected chi connectivity index (χ2v) is 17.0. The summed E-state index contributed by atoms with van der Waals surface area (Å²) in [6, 6.07) is 53.7. The van der Waals surface area contributed by atoms with Gasteiger partial charge in [-0.2, -0.15) is 0 Å². The van der Waals surface area contributed by atoms with Crippen molar-refractivity contribution in [3.05, 3.63) is 229 Å². The molecule has 0 aliphatic carbocycles. The molecule has 0 N–H and O–H groups in total. The average Bonchev–Trinajstić information content (AvgIpc) is 3.44. The minimum atomic E-state index is -0.482. The van der Waals surface area contributed by atoms with Crippen molar-refractivity contribution in [3.8, 4) is 34.1 Å². The minimum Gasteiger partial charge on any atom is -0.494 e. The van der Waals surface area contributed by atoms with E-state index in [1.165, 1.54) is 0 Å². The molecule has 0 saturated heterocycles. The quantitative estimate of drug-likeness (QED) is 0.0201. The fraction of sp³-hybridized carbons (Fsp3) is 0.125.